The summed E-state index contributed by atoms with van der Waals surface area (Å²) in [5.41, 5.74) is 2.84. The van der Waals surface area contributed by atoms with Crippen LogP contribution in [0.2, 0.25) is 0 Å². The quantitative estimate of drug-likeness (QED) is 0.353. The van der Waals surface area contributed by atoms with Gasteiger partial charge in [0.1, 0.15) is 17.3 Å². The lowest BCUT2D eigenvalue weighted by molar-refractivity contribution is 0.0598. The van der Waals surface area contributed by atoms with Gasteiger partial charge in [-0.05, 0) is 49.8 Å². The lowest BCUT2D eigenvalue weighted by atomic mass is 10.0. The number of thioether (sulfide) groups is 1. The summed E-state index contributed by atoms with van der Waals surface area (Å²) >= 11 is 1.40. The van der Waals surface area contributed by atoms with E-state index in [1.165, 1.54) is 18.9 Å². The Balaban J connectivity index is 1.55. The van der Waals surface area contributed by atoms with Crippen molar-refractivity contribution in [2.75, 3.05) is 7.11 Å². The molecule has 4 rings (SSSR count). The number of aromatic amines is 1. The Morgan fingerprint density at radius 1 is 1.17 bits per heavy atom. The third-order valence-electron chi connectivity index (χ3n) is 4.60. The summed E-state index contributed by atoms with van der Waals surface area (Å²) in [7, 11) is 1.38. The lowest BCUT2D eigenvalue weighted by Crippen LogP contribution is -2.10. The van der Waals surface area contributed by atoms with Crippen LogP contribution in [-0.4, -0.2) is 33.2 Å². The number of H-pyrrole nitrogens is 1. The largest absolute Gasteiger partial charge is 0.465 e. The number of carbonyl (C=O) groups is 1. The maximum Gasteiger partial charge on any atom is 0.340 e. The highest BCUT2D eigenvalue weighted by molar-refractivity contribution is 7.98. The molecule has 30 heavy (non-hydrogen) atoms. The Morgan fingerprint density at radius 2 is 2.00 bits per heavy atom. The van der Waals surface area contributed by atoms with Crippen molar-refractivity contribution >= 4 is 40.8 Å². The third-order valence-corrected chi connectivity index (χ3v) is 5.46. The second-order valence-electron chi connectivity index (χ2n) is 6.64. The number of esters is 1. The molecule has 4 aromatic rings. The van der Waals surface area contributed by atoms with Gasteiger partial charge in [0.05, 0.1) is 23.9 Å². The van der Waals surface area contributed by atoms with E-state index in [1.807, 2.05) is 56.3 Å². The summed E-state index contributed by atoms with van der Waals surface area (Å²) in [6, 6.07) is 11.5. The minimum absolute atomic E-state index is 0.395. The molecule has 0 bridgehead atoms. The van der Waals surface area contributed by atoms with Gasteiger partial charge in [0.2, 0.25) is 5.16 Å². The molecule has 1 N–H and O–H groups in total. The van der Waals surface area contributed by atoms with Gasteiger partial charge < -0.3 is 9.15 Å². The van der Waals surface area contributed by atoms with Gasteiger partial charge in [-0.2, -0.15) is 0 Å². The van der Waals surface area contributed by atoms with Gasteiger partial charge in [-0.15, -0.1) is 5.10 Å². The molecule has 0 spiro atoms. The van der Waals surface area contributed by atoms with E-state index in [0.717, 1.165) is 28.0 Å². The smallest absolute Gasteiger partial charge is 0.340 e. The second-order valence-corrected chi connectivity index (χ2v) is 7.58. The number of pyridine rings is 1. The Kier molecular flexibility index (Phi) is 5.67. The third kappa shape index (κ3) is 4.13. The van der Waals surface area contributed by atoms with Gasteiger partial charge in [0, 0.05) is 11.1 Å². The molecule has 0 unspecified atom stereocenters. The van der Waals surface area contributed by atoms with E-state index in [-0.39, 0.29) is 0 Å². The van der Waals surface area contributed by atoms with E-state index in [1.54, 1.807) is 6.08 Å². The number of hydrogen-bond acceptors (Lipinski definition) is 7. The molecule has 0 amide bonds. The minimum atomic E-state index is -0.395. The van der Waals surface area contributed by atoms with Gasteiger partial charge in [0.15, 0.2) is 0 Å². The first kappa shape index (κ1) is 19.9. The van der Waals surface area contributed by atoms with E-state index < -0.39 is 5.97 Å². The van der Waals surface area contributed by atoms with Crippen molar-refractivity contribution in [2.24, 2.45) is 0 Å². The normalized spacial score (nSPS) is 11.4. The lowest BCUT2D eigenvalue weighted by Gasteiger charge is -2.12. The molecular weight excluding hydrogens is 400 g/mol. The number of para-hydroxylation sites is 1. The summed E-state index contributed by atoms with van der Waals surface area (Å²) in [6.07, 6.45) is 3.62. The number of carbonyl (C=O) groups excluding carboxylic acids is 1. The number of benzene rings is 1. The molecule has 8 heteroatoms. The molecule has 0 radical (unpaired) electrons. The van der Waals surface area contributed by atoms with Gasteiger partial charge in [0.25, 0.3) is 0 Å². The number of furan rings is 1. The van der Waals surface area contributed by atoms with Crippen LogP contribution in [0.5, 0.6) is 0 Å². The molecule has 3 aromatic heterocycles. The van der Waals surface area contributed by atoms with Crippen LogP contribution in [0.3, 0.4) is 0 Å². The fourth-order valence-corrected chi connectivity index (χ4v) is 3.90. The Bertz CT molecular complexity index is 1240. The molecule has 7 nitrogen and oxygen atoms in total. The zero-order valence-corrected chi connectivity index (χ0v) is 17.6. The van der Waals surface area contributed by atoms with E-state index in [9.17, 15) is 4.79 Å². The Morgan fingerprint density at radius 3 is 2.77 bits per heavy atom. The maximum absolute atomic E-state index is 12.4. The highest BCUT2D eigenvalue weighted by atomic mass is 32.2. The second kappa shape index (κ2) is 8.54. The van der Waals surface area contributed by atoms with E-state index in [4.69, 9.17) is 14.1 Å². The van der Waals surface area contributed by atoms with Gasteiger partial charge in [-0.1, -0.05) is 30.0 Å². The number of hydrogen-bond donors (Lipinski definition) is 1. The zero-order valence-electron chi connectivity index (χ0n) is 16.8. The summed E-state index contributed by atoms with van der Waals surface area (Å²) in [5.74, 6) is 2.25. The van der Waals surface area contributed by atoms with Crippen molar-refractivity contribution < 1.29 is 13.9 Å². The average molecular weight is 420 g/mol. The number of nitrogens with zero attached hydrogens (tertiary/aromatic N) is 3. The number of methoxy groups -OCH3 is 1. The highest BCUT2D eigenvalue weighted by Crippen LogP contribution is 2.28. The van der Waals surface area contributed by atoms with Gasteiger partial charge in [-0.3, -0.25) is 10.1 Å². The number of rotatable bonds is 6. The minimum Gasteiger partial charge on any atom is -0.465 e. The van der Waals surface area contributed by atoms with Gasteiger partial charge in [-0.25, -0.2) is 9.78 Å². The van der Waals surface area contributed by atoms with Crippen molar-refractivity contribution in [3.05, 3.63) is 70.6 Å². The molecule has 0 aliphatic rings. The standard InChI is InChI=1S/C22H20N4O3S/c1-13-8-9-15(29-13)10-11-19-24-22(26-25-19)30-12-18-20(21(27)28-3)14(2)16-6-4-5-7-17(16)23-18/h4-11H,12H2,1-3H3,(H,24,25,26)/b11-10+. The number of fused-ring (bicyclic) bond motifs is 1. The van der Waals surface area contributed by atoms with Crippen molar-refractivity contribution in [3.63, 3.8) is 0 Å². The Labute approximate surface area is 177 Å². The molecule has 0 aliphatic heterocycles. The first-order valence-corrected chi connectivity index (χ1v) is 10.3. The van der Waals surface area contributed by atoms with Gasteiger partial charge >= 0.3 is 5.97 Å². The number of nitrogens with one attached hydrogen (secondary N) is 1. The van der Waals surface area contributed by atoms with Crippen LogP contribution in [0.25, 0.3) is 23.1 Å². The van der Waals surface area contributed by atoms with E-state index in [2.05, 4.69) is 15.2 Å². The van der Waals surface area contributed by atoms with E-state index in [0.29, 0.717) is 28.0 Å². The molecule has 0 fully saturated rings. The van der Waals surface area contributed by atoms with Crippen molar-refractivity contribution in [1.82, 2.24) is 20.2 Å². The van der Waals surface area contributed by atoms with Crippen LogP contribution >= 0.6 is 11.8 Å². The van der Waals surface area contributed by atoms with Crippen molar-refractivity contribution in [1.29, 1.82) is 0 Å². The summed E-state index contributed by atoms with van der Waals surface area (Å²) in [4.78, 5) is 21.6. The fourth-order valence-electron chi connectivity index (χ4n) is 3.15. The zero-order chi connectivity index (χ0) is 21.1. The molecule has 0 aliphatic carbocycles. The summed E-state index contributed by atoms with van der Waals surface area (Å²) in [6.45, 7) is 3.81. The van der Waals surface area contributed by atoms with Crippen molar-refractivity contribution in [3.8, 4) is 0 Å². The molecule has 0 saturated carbocycles. The predicted molar refractivity (Wildman–Crippen MR) is 116 cm³/mol. The molecule has 152 valence electrons. The first-order chi connectivity index (χ1) is 14.5. The van der Waals surface area contributed by atoms with Crippen LogP contribution < -0.4 is 0 Å². The molecule has 1 aromatic carbocycles. The van der Waals surface area contributed by atoms with Crippen LogP contribution in [-0.2, 0) is 10.5 Å². The van der Waals surface area contributed by atoms with Crippen molar-refractivity contribution in [2.45, 2.75) is 24.8 Å². The van der Waals surface area contributed by atoms with E-state index >= 15 is 0 Å². The average Bonchev–Trinajstić information content (AvgIpc) is 3.39. The molecule has 0 saturated heterocycles. The summed E-state index contributed by atoms with van der Waals surface area (Å²) in [5, 5.41) is 8.61. The maximum atomic E-state index is 12.4. The number of aromatic nitrogens is 4. The SMILES string of the molecule is COC(=O)c1c(CSc2n[nH]c(/C=C/c3ccc(C)o3)n2)nc2ccccc2c1C. The van der Waals surface area contributed by atoms with Crippen LogP contribution in [0.15, 0.2) is 46.0 Å². The number of ether oxygens (including phenoxy) is 1. The molecular formula is C22H20N4O3S. The predicted octanol–water partition coefficient (Wildman–Crippen LogP) is 4.81. The summed E-state index contributed by atoms with van der Waals surface area (Å²) < 4.78 is 10.5. The number of aryl methyl sites for hydroxylation is 2. The van der Waals surface area contributed by atoms with Crippen LogP contribution in [0, 0.1) is 13.8 Å². The fraction of sp³-hybridized carbons (Fsp3) is 0.182. The molecule has 3 heterocycles. The molecule has 0 atom stereocenters. The monoisotopic (exact) mass is 420 g/mol. The van der Waals surface area contributed by atoms with Crippen LogP contribution in [0.4, 0.5) is 0 Å². The van der Waals surface area contributed by atoms with Crippen LogP contribution in [0.1, 0.15) is 39.0 Å². The Hall–Kier alpha value is -3.39. The first-order valence-electron chi connectivity index (χ1n) is 9.31. The topological polar surface area (TPSA) is 93.9 Å². The highest BCUT2D eigenvalue weighted by Gasteiger charge is 2.20.